The van der Waals surface area contributed by atoms with Gasteiger partial charge in [0.25, 0.3) is 0 Å². The first-order chi connectivity index (χ1) is 5.79. The Morgan fingerprint density at radius 3 is 2.75 bits per heavy atom. The van der Waals surface area contributed by atoms with E-state index < -0.39 is 5.97 Å². The van der Waals surface area contributed by atoms with E-state index in [-0.39, 0.29) is 0 Å². The molecule has 66 valence electrons. The summed E-state index contributed by atoms with van der Waals surface area (Å²) in [7, 11) is 0. The van der Waals surface area contributed by atoms with E-state index in [0.29, 0.717) is 5.92 Å². The van der Waals surface area contributed by atoms with E-state index in [2.05, 4.69) is 17.2 Å². The average Bonchev–Trinajstić information content (AvgIpc) is 2.05. The molecule has 12 heavy (non-hydrogen) atoms. The van der Waals surface area contributed by atoms with Crippen molar-refractivity contribution in [2.75, 3.05) is 13.1 Å². The van der Waals surface area contributed by atoms with Gasteiger partial charge in [-0.2, -0.15) is 0 Å². The minimum absolute atomic E-state index is 0.595. The van der Waals surface area contributed by atoms with Crippen molar-refractivity contribution in [2.24, 2.45) is 5.92 Å². The molecule has 1 aliphatic heterocycles. The van der Waals surface area contributed by atoms with Crippen molar-refractivity contribution in [1.82, 2.24) is 5.32 Å². The molecule has 0 radical (unpaired) electrons. The summed E-state index contributed by atoms with van der Waals surface area (Å²) in [5.74, 6) is 4.39. The number of carbonyl (C=O) groups is 1. The largest absolute Gasteiger partial charge is 0.472 e. The third-order valence-corrected chi connectivity index (χ3v) is 2.04. The molecule has 0 aromatic heterocycles. The smallest absolute Gasteiger partial charge is 0.381 e. The summed E-state index contributed by atoms with van der Waals surface area (Å²) in [6.07, 6.45) is 2.97. The minimum Gasteiger partial charge on any atom is -0.472 e. The zero-order valence-electron chi connectivity index (χ0n) is 6.97. The van der Waals surface area contributed by atoms with Crippen LogP contribution in [-0.4, -0.2) is 24.2 Å². The monoisotopic (exact) mass is 167 g/mol. The molecule has 1 fully saturated rings. The summed E-state index contributed by atoms with van der Waals surface area (Å²) in [6, 6.07) is 0. The van der Waals surface area contributed by atoms with Crippen molar-refractivity contribution < 1.29 is 9.90 Å². The van der Waals surface area contributed by atoms with Crippen molar-refractivity contribution in [3.63, 3.8) is 0 Å². The van der Waals surface area contributed by atoms with Gasteiger partial charge in [-0.05, 0) is 31.8 Å². The van der Waals surface area contributed by atoms with Gasteiger partial charge >= 0.3 is 5.97 Å². The van der Waals surface area contributed by atoms with E-state index in [9.17, 15) is 4.79 Å². The maximum absolute atomic E-state index is 10.1. The van der Waals surface area contributed by atoms with Gasteiger partial charge in [0.05, 0.1) is 0 Å². The Kier molecular flexibility index (Phi) is 3.62. The van der Waals surface area contributed by atoms with Crippen LogP contribution in [0.3, 0.4) is 0 Å². The number of aliphatic carboxylic acids is 1. The summed E-state index contributed by atoms with van der Waals surface area (Å²) in [4.78, 5) is 10.1. The molecule has 0 amide bonds. The van der Waals surface area contributed by atoms with Crippen LogP contribution >= 0.6 is 0 Å². The molecule has 1 aliphatic rings. The van der Waals surface area contributed by atoms with E-state index in [1.165, 1.54) is 0 Å². The molecule has 1 rings (SSSR count). The predicted octanol–water partition coefficient (Wildman–Crippen LogP) is 0.464. The second kappa shape index (κ2) is 4.78. The fourth-order valence-corrected chi connectivity index (χ4v) is 1.36. The van der Waals surface area contributed by atoms with Crippen LogP contribution < -0.4 is 5.32 Å². The number of carboxylic acid groups (broad SMARTS) is 1. The second-order valence-electron chi connectivity index (χ2n) is 3.00. The Hall–Kier alpha value is -1.01. The van der Waals surface area contributed by atoms with Crippen LogP contribution in [0.1, 0.15) is 19.3 Å². The number of piperidine rings is 1. The van der Waals surface area contributed by atoms with E-state index >= 15 is 0 Å². The zero-order chi connectivity index (χ0) is 8.81. The Labute approximate surface area is 72.2 Å². The standard InChI is InChI=1S/C9H13NO2/c11-9(12)3-1-2-8-4-6-10-7-5-8/h8,10H,2,4-7H2,(H,11,12). The van der Waals surface area contributed by atoms with Gasteiger partial charge in [0.15, 0.2) is 0 Å². The van der Waals surface area contributed by atoms with Crippen LogP contribution in [0.2, 0.25) is 0 Å². The topological polar surface area (TPSA) is 49.3 Å². The Bertz CT molecular complexity index is 208. The summed E-state index contributed by atoms with van der Waals surface area (Å²) in [5.41, 5.74) is 0. The van der Waals surface area contributed by atoms with Crippen molar-refractivity contribution >= 4 is 5.97 Å². The summed E-state index contributed by atoms with van der Waals surface area (Å²) >= 11 is 0. The highest BCUT2D eigenvalue weighted by molar-refractivity contribution is 5.86. The van der Waals surface area contributed by atoms with Gasteiger partial charge in [-0.25, -0.2) is 4.79 Å². The molecule has 3 nitrogen and oxygen atoms in total. The molecule has 0 unspecified atom stereocenters. The predicted molar refractivity (Wildman–Crippen MR) is 45.6 cm³/mol. The lowest BCUT2D eigenvalue weighted by atomic mass is 9.95. The molecule has 0 atom stereocenters. The summed E-state index contributed by atoms with van der Waals surface area (Å²) < 4.78 is 0. The molecule has 1 heterocycles. The van der Waals surface area contributed by atoms with Gasteiger partial charge in [-0.15, -0.1) is 0 Å². The van der Waals surface area contributed by atoms with Crippen LogP contribution in [0.15, 0.2) is 0 Å². The van der Waals surface area contributed by atoms with Gasteiger partial charge in [-0.1, -0.05) is 5.92 Å². The van der Waals surface area contributed by atoms with Crippen LogP contribution in [0.5, 0.6) is 0 Å². The minimum atomic E-state index is -1.02. The molecule has 0 aromatic rings. The Balaban J connectivity index is 2.22. The molecular weight excluding hydrogens is 154 g/mol. The Morgan fingerprint density at radius 2 is 2.17 bits per heavy atom. The quantitative estimate of drug-likeness (QED) is 0.558. The fourth-order valence-electron chi connectivity index (χ4n) is 1.36. The third-order valence-electron chi connectivity index (χ3n) is 2.04. The summed E-state index contributed by atoms with van der Waals surface area (Å²) in [6.45, 7) is 2.08. The molecule has 1 saturated heterocycles. The fraction of sp³-hybridized carbons (Fsp3) is 0.667. The first-order valence-corrected chi connectivity index (χ1v) is 4.21. The first-order valence-electron chi connectivity index (χ1n) is 4.21. The number of nitrogens with one attached hydrogen (secondary N) is 1. The Morgan fingerprint density at radius 1 is 1.50 bits per heavy atom. The van der Waals surface area contributed by atoms with Gasteiger partial charge in [0.2, 0.25) is 0 Å². The average molecular weight is 167 g/mol. The molecule has 0 saturated carbocycles. The van der Waals surface area contributed by atoms with Gasteiger partial charge < -0.3 is 10.4 Å². The van der Waals surface area contributed by atoms with Crippen LogP contribution in [0.4, 0.5) is 0 Å². The van der Waals surface area contributed by atoms with Gasteiger partial charge in [0.1, 0.15) is 0 Å². The van der Waals surface area contributed by atoms with Gasteiger partial charge in [-0.3, -0.25) is 0 Å². The SMILES string of the molecule is O=C(O)C#CCC1CCNCC1. The number of carboxylic acids is 1. The van der Waals surface area contributed by atoms with Crippen molar-refractivity contribution in [3.05, 3.63) is 0 Å². The maximum Gasteiger partial charge on any atom is 0.381 e. The molecule has 0 aliphatic carbocycles. The number of hydrogen-bond donors (Lipinski definition) is 2. The highest BCUT2D eigenvalue weighted by Crippen LogP contribution is 2.14. The van der Waals surface area contributed by atoms with Crippen molar-refractivity contribution in [3.8, 4) is 11.8 Å². The van der Waals surface area contributed by atoms with Crippen LogP contribution in [0.25, 0.3) is 0 Å². The molecule has 3 heteroatoms. The van der Waals surface area contributed by atoms with Crippen LogP contribution in [-0.2, 0) is 4.79 Å². The highest BCUT2D eigenvalue weighted by atomic mass is 16.4. The lowest BCUT2D eigenvalue weighted by molar-refractivity contribution is -0.130. The number of rotatable bonds is 1. The lowest BCUT2D eigenvalue weighted by Crippen LogP contribution is -2.27. The lowest BCUT2D eigenvalue weighted by Gasteiger charge is -2.19. The van der Waals surface area contributed by atoms with Crippen molar-refractivity contribution in [2.45, 2.75) is 19.3 Å². The van der Waals surface area contributed by atoms with Crippen molar-refractivity contribution in [1.29, 1.82) is 0 Å². The third kappa shape index (κ3) is 3.40. The van der Waals surface area contributed by atoms with E-state index in [4.69, 9.17) is 5.11 Å². The summed E-state index contributed by atoms with van der Waals surface area (Å²) in [5, 5.41) is 11.5. The molecular formula is C9H13NO2. The molecule has 0 spiro atoms. The molecule has 2 N–H and O–H groups in total. The van der Waals surface area contributed by atoms with E-state index in [1.807, 2.05) is 0 Å². The zero-order valence-corrected chi connectivity index (χ0v) is 6.97. The van der Waals surface area contributed by atoms with E-state index in [0.717, 1.165) is 32.4 Å². The maximum atomic E-state index is 10.1. The molecule has 0 bridgehead atoms. The number of hydrogen-bond acceptors (Lipinski definition) is 2. The van der Waals surface area contributed by atoms with Gasteiger partial charge in [0, 0.05) is 12.3 Å². The second-order valence-corrected chi connectivity index (χ2v) is 3.00. The van der Waals surface area contributed by atoms with E-state index in [1.54, 1.807) is 0 Å². The van der Waals surface area contributed by atoms with Crippen LogP contribution in [0, 0.1) is 17.8 Å². The normalized spacial score (nSPS) is 18.0. The molecule has 0 aromatic carbocycles. The highest BCUT2D eigenvalue weighted by Gasteiger charge is 2.10. The first kappa shape index (κ1) is 9.08.